The van der Waals surface area contributed by atoms with Crippen LogP contribution in [-0.4, -0.2) is 41.2 Å². The van der Waals surface area contributed by atoms with E-state index >= 15 is 0 Å². The number of nitrogens with zero attached hydrogens (tertiary/aromatic N) is 3. The highest BCUT2D eigenvalue weighted by Gasteiger charge is 2.30. The van der Waals surface area contributed by atoms with Crippen molar-refractivity contribution in [2.24, 2.45) is 0 Å². The minimum atomic E-state index is -0.232. The Morgan fingerprint density at radius 1 is 0.970 bits per heavy atom. The van der Waals surface area contributed by atoms with Crippen LogP contribution in [-0.2, 0) is 0 Å². The Hall–Kier alpha value is -2.67. The molecular weight excluding hydrogens is 505 g/mol. The predicted molar refractivity (Wildman–Crippen MR) is 135 cm³/mol. The standard InChI is InChI=1S/C26H22BrClFN3O/c27-18-5-3-17(4-6-18)25(22-16-23(28)21-2-1-11-30-24(21)26(22)33)32-14-12-31(13-15-32)20-9-7-19(29)8-10-20/h1-11,16,25,33H,12-15H2/t25-/m0/s1. The average Bonchev–Trinajstić information content (AvgIpc) is 2.84. The predicted octanol–water partition coefficient (Wildman–Crippen LogP) is 6.41. The zero-order valence-corrected chi connectivity index (χ0v) is 20.1. The molecular formula is C26H22BrClFN3O. The number of rotatable bonds is 4. The number of piperazine rings is 1. The van der Waals surface area contributed by atoms with E-state index < -0.39 is 0 Å². The Balaban J connectivity index is 1.52. The van der Waals surface area contributed by atoms with Crippen molar-refractivity contribution < 1.29 is 9.50 Å². The van der Waals surface area contributed by atoms with E-state index in [2.05, 4.69) is 42.8 Å². The summed E-state index contributed by atoms with van der Waals surface area (Å²) in [4.78, 5) is 9.00. The molecule has 0 saturated carbocycles. The summed E-state index contributed by atoms with van der Waals surface area (Å²) < 4.78 is 14.3. The number of benzene rings is 3. The molecule has 7 heteroatoms. The fourth-order valence-corrected chi connectivity index (χ4v) is 5.07. The number of phenolic OH excluding ortho intramolecular Hbond substituents is 1. The van der Waals surface area contributed by atoms with E-state index in [9.17, 15) is 9.50 Å². The van der Waals surface area contributed by atoms with E-state index in [0.29, 0.717) is 10.5 Å². The fraction of sp³-hybridized carbons (Fsp3) is 0.192. The van der Waals surface area contributed by atoms with Gasteiger partial charge < -0.3 is 10.0 Å². The molecule has 4 nitrogen and oxygen atoms in total. The maximum absolute atomic E-state index is 13.3. The van der Waals surface area contributed by atoms with Gasteiger partial charge in [-0.25, -0.2) is 4.39 Å². The molecule has 1 saturated heterocycles. The van der Waals surface area contributed by atoms with Gasteiger partial charge in [-0.2, -0.15) is 0 Å². The van der Waals surface area contributed by atoms with Crippen LogP contribution in [0.15, 0.2) is 77.4 Å². The molecule has 1 atom stereocenters. The largest absolute Gasteiger partial charge is 0.505 e. The number of phenols is 1. The van der Waals surface area contributed by atoms with Gasteiger partial charge in [0.25, 0.3) is 0 Å². The first kappa shape index (κ1) is 22.1. The third kappa shape index (κ3) is 4.43. The summed E-state index contributed by atoms with van der Waals surface area (Å²) in [7, 11) is 0. The zero-order chi connectivity index (χ0) is 22.9. The number of anilines is 1. The number of aromatic hydroxyl groups is 1. The van der Waals surface area contributed by atoms with Crippen LogP contribution >= 0.6 is 27.5 Å². The van der Waals surface area contributed by atoms with Crippen molar-refractivity contribution in [2.75, 3.05) is 31.1 Å². The summed E-state index contributed by atoms with van der Waals surface area (Å²) in [6.45, 7) is 3.13. The number of halogens is 3. The van der Waals surface area contributed by atoms with Gasteiger partial charge in [-0.1, -0.05) is 39.7 Å². The lowest BCUT2D eigenvalue weighted by Gasteiger charge is -2.41. The van der Waals surface area contributed by atoms with Gasteiger partial charge in [0.15, 0.2) is 0 Å². The van der Waals surface area contributed by atoms with Crippen molar-refractivity contribution >= 4 is 44.1 Å². The summed E-state index contributed by atoms with van der Waals surface area (Å²) in [6, 6.07) is 20.1. The Bertz CT molecular complexity index is 1280. The number of hydrogen-bond acceptors (Lipinski definition) is 4. The van der Waals surface area contributed by atoms with Crippen molar-refractivity contribution in [1.82, 2.24) is 9.88 Å². The average molecular weight is 527 g/mol. The SMILES string of the molecule is Oc1c([C@H](c2ccc(Br)cc2)N2CCN(c3ccc(F)cc3)CC2)cc(Cl)c2cccnc12. The minimum Gasteiger partial charge on any atom is -0.505 e. The van der Waals surface area contributed by atoms with E-state index in [1.165, 1.54) is 12.1 Å². The van der Waals surface area contributed by atoms with Crippen LogP contribution in [0.25, 0.3) is 10.9 Å². The summed E-state index contributed by atoms with van der Waals surface area (Å²) in [5.41, 5.74) is 3.32. The van der Waals surface area contributed by atoms with Crippen LogP contribution in [0, 0.1) is 5.82 Å². The van der Waals surface area contributed by atoms with E-state index in [4.69, 9.17) is 11.6 Å². The number of fused-ring (bicyclic) bond motifs is 1. The van der Waals surface area contributed by atoms with Crippen molar-refractivity contribution in [3.63, 3.8) is 0 Å². The van der Waals surface area contributed by atoms with E-state index in [1.54, 1.807) is 6.20 Å². The molecule has 0 radical (unpaired) electrons. The van der Waals surface area contributed by atoms with Gasteiger partial charge in [0.2, 0.25) is 0 Å². The lowest BCUT2D eigenvalue weighted by Crippen LogP contribution is -2.48. The smallest absolute Gasteiger partial charge is 0.147 e. The van der Waals surface area contributed by atoms with Gasteiger partial charge in [0.1, 0.15) is 17.1 Å². The Kier molecular flexibility index (Phi) is 6.23. The summed E-state index contributed by atoms with van der Waals surface area (Å²) in [6.07, 6.45) is 1.66. The molecule has 3 aromatic carbocycles. The first-order valence-electron chi connectivity index (χ1n) is 10.8. The molecule has 1 N–H and O–H groups in total. The summed E-state index contributed by atoms with van der Waals surface area (Å²) in [5, 5.41) is 12.5. The molecule has 5 rings (SSSR count). The first-order valence-corrected chi connectivity index (χ1v) is 11.9. The van der Waals surface area contributed by atoms with E-state index in [1.807, 2.05) is 42.5 Å². The van der Waals surface area contributed by atoms with Crippen LogP contribution in [0.4, 0.5) is 10.1 Å². The van der Waals surface area contributed by atoms with Gasteiger partial charge in [0, 0.05) is 53.5 Å². The van der Waals surface area contributed by atoms with Gasteiger partial charge in [-0.3, -0.25) is 9.88 Å². The molecule has 1 fully saturated rings. The Morgan fingerprint density at radius 3 is 2.36 bits per heavy atom. The molecule has 0 bridgehead atoms. The maximum atomic E-state index is 13.3. The van der Waals surface area contributed by atoms with Crippen molar-refractivity contribution in [2.45, 2.75) is 6.04 Å². The van der Waals surface area contributed by atoms with Crippen LogP contribution in [0.5, 0.6) is 5.75 Å². The maximum Gasteiger partial charge on any atom is 0.147 e. The van der Waals surface area contributed by atoms with E-state index in [0.717, 1.165) is 52.9 Å². The van der Waals surface area contributed by atoms with Gasteiger partial charge >= 0.3 is 0 Å². The van der Waals surface area contributed by atoms with Crippen molar-refractivity contribution in [1.29, 1.82) is 0 Å². The van der Waals surface area contributed by atoms with Gasteiger partial charge in [0.05, 0.1) is 11.1 Å². The number of aromatic nitrogens is 1. The second-order valence-electron chi connectivity index (χ2n) is 8.15. The van der Waals surface area contributed by atoms with Crippen LogP contribution in [0.2, 0.25) is 5.02 Å². The molecule has 0 spiro atoms. The third-order valence-corrected chi connectivity index (χ3v) is 7.04. The molecule has 4 aromatic rings. The van der Waals surface area contributed by atoms with Gasteiger partial charge in [-0.15, -0.1) is 0 Å². The molecule has 2 heterocycles. The van der Waals surface area contributed by atoms with Crippen molar-refractivity contribution in [3.05, 3.63) is 99.4 Å². The normalized spacial score (nSPS) is 15.7. The number of pyridine rings is 1. The topological polar surface area (TPSA) is 39.6 Å². The van der Waals surface area contributed by atoms with Crippen LogP contribution < -0.4 is 4.90 Å². The molecule has 168 valence electrons. The third-order valence-electron chi connectivity index (χ3n) is 6.20. The second-order valence-corrected chi connectivity index (χ2v) is 9.47. The van der Waals surface area contributed by atoms with Crippen molar-refractivity contribution in [3.8, 4) is 5.75 Å². The highest BCUT2D eigenvalue weighted by Crippen LogP contribution is 2.41. The molecule has 0 amide bonds. The fourth-order valence-electron chi connectivity index (χ4n) is 4.54. The minimum absolute atomic E-state index is 0.156. The van der Waals surface area contributed by atoms with Crippen LogP contribution in [0.1, 0.15) is 17.2 Å². The summed E-state index contributed by atoms with van der Waals surface area (Å²) >= 11 is 10.1. The molecule has 0 aliphatic carbocycles. The first-order chi connectivity index (χ1) is 16.0. The Morgan fingerprint density at radius 2 is 1.67 bits per heavy atom. The quantitative estimate of drug-likeness (QED) is 0.334. The zero-order valence-electron chi connectivity index (χ0n) is 17.8. The highest BCUT2D eigenvalue weighted by molar-refractivity contribution is 9.10. The lowest BCUT2D eigenvalue weighted by atomic mass is 9.94. The Labute approximate surface area is 205 Å². The lowest BCUT2D eigenvalue weighted by molar-refractivity contribution is 0.209. The highest BCUT2D eigenvalue weighted by atomic mass is 79.9. The molecule has 33 heavy (non-hydrogen) atoms. The van der Waals surface area contributed by atoms with Gasteiger partial charge in [-0.05, 0) is 60.2 Å². The molecule has 1 aliphatic heterocycles. The molecule has 1 aromatic heterocycles. The van der Waals surface area contributed by atoms with E-state index in [-0.39, 0.29) is 17.6 Å². The second kappa shape index (κ2) is 9.29. The molecule has 0 unspecified atom stereocenters. The number of hydrogen-bond donors (Lipinski definition) is 1. The molecule has 1 aliphatic rings. The monoisotopic (exact) mass is 525 g/mol. The summed E-state index contributed by atoms with van der Waals surface area (Å²) in [5.74, 6) is -0.0751. The van der Waals surface area contributed by atoms with Crippen LogP contribution in [0.3, 0.4) is 0 Å².